The molecule has 6 heteroatoms. The molecule has 0 aliphatic heterocycles. The van der Waals surface area contributed by atoms with Gasteiger partial charge in [0.15, 0.2) is 5.92 Å². The molecule has 0 radical (unpaired) electrons. The number of hydrogen-bond donors (Lipinski definition) is 3. The molecule has 0 heterocycles. The third-order valence-corrected chi connectivity index (χ3v) is 2.00. The molecule has 2 aliphatic rings. The fourth-order valence-electron chi connectivity index (χ4n) is 0.890. The molecule has 0 fully saturated rings. The molecular weight excluding hydrogens is 207 g/mol. The minimum atomic E-state index is -1.31. The van der Waals surface area contributed by atoms with Crippen molar-refractivity contribution in [3.8, 4) is 16.9 Å². The molecule has 0 bridgehead atoms. The number of hydrogen-bond acceptors (Lipinski definition) is 3. The molecule has 82 valence electrons. The van der Waals surface area contributed by atoms with Crippen LogP contribution in [0.25, 0.3) is 11.1 Å². The minimum absolute atomic E-state index is 0. The van der Waals surface area contributed by atoms with Crippen LogP contribution in [0.3, 0.4) is 0 Å². The molecule has 0 atom stereocenters. The molecule has 2 rings (SSSR count). The summed E-state index contributed by atoms with van der Waals surface area (Å²) in [5, 5.41) is 24.6. The SMILES string of the molecule is CC(C(=O)O)C(=O)O.Oc1c2cccc1-2.[H-].[Li+]. The summed E-state index contributed by atoms with van der Waals surface area (Å²) in [5.41, 5.74) is 2.06. The van der Waals surface area contributed by atoms with Gasteiger partial charge in [-0.2, -0.15) is 0 Å². The summed E-state index contributed by atoms with van der Waals surface area (Å²) in [5.74, 6) is -3.42. The van der Waals surface area contributed by atoms with Gasteiger partial charge in [-0.25, -0.2) is 0 Å². The Balaban J connectivity index is 0. The number of aliphatic carboxylic acids is 2. The zero-order valence-electron chi connectivity index (χ0n) is 9.97. The maximum Gasteiger partial charge on any atom is 1.00 e. The molecule has 0 amide bonds. The van der Waals surface area contributed by atoms with Gasteiger partial charge in [0.25, 0.3) is 0 Å². The number of carboxylic acid groups (broad SMARTS) is 2. The first-order valence-corrected chi connectivity index (χ1v) is 4.23. The summed E-state index contributed by atoms with van der Waals surface area (Å²) in [6.07, 6.45) is 0. The topological polar surface area (TPSA) is 94.8 Å². The van der Waals surface area contributed by atoms with E-state index in [1.807, 2.05) is 18.2 Å². The maximum absolute atomic E-state index is 9.76. The number of carbonyl (C=O) groups is 2. The van der Waals surface area contributed by atoms with Crippen molar-refractivity contribution in [3.63, 3.8) is 0 Å². The van der Waals surface area contributed by atoms with Crippen LogP contribution in [0.1, 0.15) is 8.35 Å². The fourth-order valence-corrected chi connectivity index (χ4v) is 0.890. The van der Waals surface area contributed by atoms with Crippen LogP contribution in [0.5, 0.6) is 5.75 Å². The summed E-state index contributed by atoms with van der Waals surface area (Å²) in [6, 6.07) is 5.75. The predicted molar refractivity (Wildman–Crippen MR) is 52.6 cm³/mol. The van der Waals surface area contributed by atoms with Gasteiger partial charge in [0.05, 0.1) is 0 Å². The van der Waals surface area contributed by atoms with Gasteiger partial charge in [-0.05, 0) is 6.92 Å². The van der Waals surface area contributed by atoms with Gasteiger partial charge in [-0.1, -0.05) is 18.2 Å². The molecule has 16 heavy (non-hydrogen) atoms. The molecule has 5 nitrogen and oxygen atoms in total. The Morgan fingerprint density at radius 1 is 1.19 bits per heavy atom. The Kier molecular flexibility index (Phi) is 5.09. The Hall–Kier alpha value is -1.44. The summed E-state index contributed by atoms with van der Waals surface area (Å²) >= 11 is 0. The average Bonchev–Trinajstić information content (AvgIpc) is 2.66. The van der Waals surface area contributed by atoms with E-state index in [9.17, 15) is 9.59 Å². The summed E-state index contributed by atoms with van der Waals surface area (Å²) in [6.45, 7) is 1.12. The first-order valence-electron chi connectivity index (χ1n) is 4.23. The molecule has 2 aliphatic carbocycles. The van der Waals surface area contributed by atoms with Gasteiger partial charge < -0.3 is 16.7 Å². The van der Waals surface area contributed by atoms with E-state index in [1.165, 1.54) is 0 Å². The third kappa shape index (κ3) is 3.30. The summed E-state index contributed by atoms with van der Waals surface area (Å²) in [7, 11) is 0. The van der Waals surface area contributed by atoms with Crippen molar-refractivity contribution in [2.24, 2.45) is 5.92 Å². The van der Waals surface area contributed by atoms with Crippen LogP contribution in [-0.2, 0) is 9.59 Å². The van der Waals surface area contributed by atoms with E-state index in [-0.39, 0.29) is 20.3 Å². The van der Waals surface area contributed by atoms with Crippen molar-refractivity contribution in [1.82, 2.24) is 0 Å². The Morgan fingerprint density at radius 3 is 1.69 bits per heavy atom. The molecule has 0 saturated carbocycles. The fraction of sp³-hybridized carbons (Fsp3) is 0.200. The van der Waals surface area contributed by atoms with Crippen molar-refractivity contribution in [3.05, 3.63) is 18.2 Å². The van der Waals surface area contributed by atoms with Gasteiger partial charge in [0.2, 0.25) is 0 Å². The molecule has 0 unspecified atom stereocenters. The van der Waals surface area contributed by atoms with Crippen LogP contribution in [-0.4, -0.2) is 27.3 Å². The number of carboxylic acids is 2. The number of phenols is 1. The van der Waals surface area contributed by atoms with Gasteiger partial charge in [0.1, 0.15) is 5.75 Å². The van der Waals surface area contributed by atoms with Crippen molar-refractivity contribution < 1.29 is 45.2 Å². The van der Waals surface area contributed by atoms with Gasteiger partial charge >= 0.3 is 30.8 Å². The van der Waals surface area contributed by atoms with Crippen LogP contribution in [0.15, 0.2) is 18.2 Å². The van der Waals surface area contributed by atoms with Crippen LogP contribution >= 0.6 is 0 Å². The van der Waals surface area contributed by atoms with Crippen LogP contribution < -0.4 is 18.9 Å². The smallest absolute Gasteiger partial charge is 1.00 e. The summed E-state index contributed by atoms with van der Waals surface area (Å²) < 4.78 is 0. The zero-order valence-corrected chi connectivity index (χ0v) is 8.97. The molecular formula is C10H11LiO5. The van der Waals surface area contributed by atoms with Crippen molar-refractivity contribution in [1.29, 1.82) is 0 Å². The predicted octanol–water partition coefficient (Wildman–Crippen LogP) is -1.72. The number of fused-ring (bicyclic) bond motifs is 1. The van der Waals surface area contributed by atoms with Crippen molar-refractivity contribution in [2.75, 3.05) is 0 Å². The molecule has 0 aromatic heterocycles. The van der Waals surface area contributed by atoms with E-state index < -0.39 is 17.9 Å². The molecule has 3 N–H and O–H groups in total. The Morgan fingerprint density at radius 2 is 1.56 bits per heavy atom. The Bertz CT molecular complexity index is 387. The zero-order chi connectivity index (χ0) is 11.6. The normalized spacial score (nSPS) is 9.62. The standard InChI is InChI=1S/C6H4O.C4H6O4.Li.H/c7-6-4-2-1-3-5(4)6;1-2(3(5)6)4(7)8;;/h1-3,7H;2H,1H3,(H,5,6)(H,7,8);;/q;;+1;-1. The number of rotatable bonds is 2. The van der Waals surface area contributed by atoms with E-state index in [0.29, 0.717) is 5.75 Å². The molecule has 0 spiro atoms. The number of benzene rings is 1. The van der Waals surface area contributed by atoms with Crippen molar-refractivity contribution in [2.45, 2.75) is 6.92 Å². The second kappa shape index (κ2) is 5.59. The second-order valence-electron chi connectivity index (χ2n) is 3.10. The molecule has 0 saturated heterocycles. The van der Waals surface area contributed by atoms with E-state index in [2.05, 4.69) is 0 Å². The largest absolute Gasteiger partial charge is 1.00 e. The van der Waals surface area contributed by atoms with Gasteiger partial charge in [-0.15, -0.1) is 0 Å². The van der Waals surface area contributed by atoms with E-state index in [1.54, 1.807) is 0 Å². The van der Waals surface area contributed by atoms with E-state index in [0.717, 1.165) is 18.1 Å². The quantitative estimate of drug-likeness (QED) is 0.411. The van der Waals surface area contributed by atoms with Crippen LogP contribution in [0.2, 0.25) is 0 Å². The van der Waals surface area contributed by atoms with E-state index in [4.69, 9.17) is 15.3 Å². The van der Waals surface area contributed by atoms with Crippen molar-refractivity contribution >= 4 is 11.9 Å². The minimum Gasteiger partial charge on any atom is -1.00 e. The van der Waals surface area contributed by atoms with E-state index >= 15 is 0 Å². The third-order valence-electron chi connectivity index (χ3n) is 2.00. The number of aromatic hydroxyl groups is 1. The Labute approximate surface area is 105 Å². The number of phenolic OH excluding ortho intramolecular Hbond substituents is 1. The second-order valence-corrected chi connectivity index (χ2v) is 3.10. The van der Waals surface area contributed by atoms with Crippen LogP contribution in [0.4, 0.5) is 0 Å². The summed E-state index contributed by atoms with van der Waals surface area (Å²) in [4.78, 5) is 19.5. The first kappa shape index (κ1) is 14.6. The molecule has 0 aromatic rings. The maximum atomic E-state index is 9.76. The monoisotopic (exact) mass is 218 g/mol. The van der Waals surface area contributed by atoms with Crippen LogP contribution in [0, 0.1) is 5.92 Å². The first-order chi connectivity index (χ1) is 6.95. The van der Waals surface area contributed by atoms with Gasteiger partial charge in [-0.3, -0.25) is 9.59 Å². The number of para-hydroxylation sites is 1. The van der Waals surface area contributed by atoms with Gasteiger partial charge in [0, 0.05) is 11.1 Å². The average molecular weight is 218 g/mol. The molecule has 0 aromatic carbocycles.